The third kappa shape index (κ3) is 3.63. The van der Waals surface area contributed by atoms with Crippen molar-refractivity contribution in [2.45, 2.75) is 37.6 Å². The summed E-state index contributed by atoms with van der Waals surface area (Å²) in [5.41, 5.74) is -2.31. The van der Waals surface area contributed by atoms with E-state index in [2.05, 4.69) is 9.97 Å². The van der Waals surface area contributed by atoms with Crippen molar-refractivity contribution in [1.82, 2.24) is 20.2 Å². The third-order valence-corrected chi connectivity index (χ3v) is 6.41. The fourth-order valence-corrected chi connectivity index (χ4v) is 4.42. The minimum atomic E-state index is -4.87. The second-order valence-corrected chi connectivity index (χ2v) is 8.21. The van der Waals surface area contributed by atoms with E-state index in [0.717, 1.165) is 32.4 Å². The second-order valence-electron chi connectivity index (χ2n) is 8.21. The van der Waals surface area contributed by atoms with Gasteiger partial charge in [-0.3, -0.25) is 10.0 Å². The van der Waals surface area contributed by atoms with Crippen molar-refractivity contribution < 1.29 is 46.6 Å². The van der Waals surface area contributed by atoms with Crippen LogP contribution in [-0.4, -0.2) is 49.9 Å². The van der Waals surface area contributed by atoms with Crippen LogP contribution in [0.2, 0.25) is 0 Å². The fourth-order valence-electron chi connectivity index (χ4n) is 4.42. The molecule has 0 bridgehead atoms. The number of carbonyl (C=O) groups is 1. The standard InChI is InChI=1S/C21H19F5N4O5/c1-8-12(9-4-5-10(22)13(23)16(9)34-3)17(35-20(8,2)21(24,25)26)18-27-11-6-7-30(33)15(14(11)28-18)19(31)29-32/h4-8,12,17,32-33H,1-3H3,(H,29,31)/t8-,12-,17+,20+/m0/s1. The van der Waals surface area contributed by atoms with Gasteiger partial charge in [-0.15, -0.1) is 0 Å². The number of nitrogens with one attached hydrogen (secondary N) is 1. The average molecular weight is 502 g/mol. The molecule has 1 saturated heterocycles. The average Bonchev–Trinajstić information content (AvgIpc) is 3.34. The van der Waals surface area contributed by atoms with Crippen LogP contribution in [0.5, 0.6) is 5.75 Å². The van der Waals surface area contributed by atoms with Crippen LogP contribution in [-0.2, 0) is 4.74 Å². The molecule has 188 valence electrons. The molecule has 35 heavy (non-hydrogen) atoms. The summed E-state index contributed by atoms with van der Waals surface area (Å²) in [6, 6.07) is 3.10. The summed E-state index contributed by atoms with van der Waals surface area (Å²) in [6.45, 7) is 2.07. The zero-order chi connectivity index (χ0) is 25.9. The van der Waals surface area contributed by atoms with Crippen molar-refractivity contribution in [1.29, 1.82) is 0 Å². The maximum Gasteiger partial charge on any atom is 0.417 e. The number of fused-ring (bicyclic) bond motifs is 1. The van der Waals surface area contributed by atoms with Gasteiger partial charge in [0.1, 0.15) is 11.8 Å². The van der Waals surface area contributed by atoms with E-state index in [0.29, 0.717) is 4.73 Å². The molecule has 3 heterocycles. The first-order valence-corrected chi connectivity index (χ1v) is 10.1. The number of nitrogens with zero attached hydrogens (tertiary/aromatic N) is 3. The molecular weight excluding hydrogens is 483 g/mol. The Morgan fingerprint density at radius 3 is 2.54 bits per heavy atom. The van der Waals surface area contributed by atoms with Crippen LogP contribution < -0.4 is 10.2 Å². The molecule has 3 aliphatic heterocycles. The van der Waals surface area contributed by atoms with E-state index >= 15 is 0 Å². The van der Waals surface area contributed by atoms with Crippen molar-refractivity contribution >= 4 is 5.91 Å². The molecule has 14 heteroatoms. The predicted octanol–water partition coefficient (Wildman–Crippen LogP) is 3.84. The number of hydrogen-bond donors (Lipinski definition) is 3. The summed E-state index contributed by atoms with van der Waals surface area (Å²) in [5.74, 6) is -7.32. The van der Waals surface area contributed by atoms with E-state index in [1.54, 1.807) is 0 Å². The van der Waals surface area contributed by atoms with Crippen molar-refractivity contribution in [3.63, 3.8) is 0 Å². The molecule has 0 aromatic heterocycles. The van der Waals surface area contributed by atoms with E-state index in [-0.39, 0.29) is 22.8 Å². The van der Waals surface area contributed by atoms with Gasteiger partial charge in [-0.2, -0.15) is 22.3 Å². The number of amides is 1. The Hall–Kier alpha value is -3.52. The summed E-state index contributed by atoms with van der Waals surface area (Å²) in [5, 5.41) is 19.0. The number of rotatable bonds is 4. The van der Waals surface area contributed by atoms with Gasteiger partial charge in [-0.25, -0.2) is 19.8 Å². The molecule has 1 amide bonds. The Bertz CT molecular complexity index is 1270. The lowest BCUT2D eigenvalue weighted by molar-refractivity contribution is -0.275. The van der Waals surface area contributed by atoms with Gasteiger partial charge >= 0.3 is 6.18 Å². The molecular formula is C21H19F5N4O5. The first kappa shape index (κ1) is 24.6. The lowest BCUT2D eigenvalue weighted by Crippen LogP contribution is -2.46. The van der Waals surface area contributed by atoms with Crippen molar-refractivity contribution in [3.05, 3.63) is 53.1 Å². The molecule has 4 atom stereocenters. The largest absolute Gasteiger partial charge is 0.493 e. The molecule has 0 radical (unpaired) electrons. The number of pyridine rings is 1. The quantitative estimate of drug-likeness (QED) is 0.215. The zero-order valence-corrected chi connectivity index (χ0v) is 18.4. The third-order valence-electron chi connectivity index (χ3n) is 6.41. The van der Waals surface area contributed by atoms with Gasteiger partial charge in [0.05, 0.1) is 12.8 Å². The number of methoxy groups -OCH3 is 1. The van der Waals surface area contributed by atoms with Gasteiger partial charge in [-0.05, 0) is 19.1 Å². The summed E-state index contributed by atoms with van der Waals surface area (Å²) in [6.07, 6.45) is -5.40. The highest BCUT2D eigenvalue weighted by Crippen LogP contribution is 2.59. The van der Waals surface area contributed by atoms with Gasteiger partial charge in [-0.1, -0.05) is 13.0 Å². The van der Waals surface area contributed by atoms with Crippen molar-refractivity contribution in [2.24, 2.45) is 5.92 Å². The molecule has 1 aromatic carbocycles. The van der Waals surface area contributed by atoms with Crippen LogP contribution in [0.3, 0.4) is 0 Å². The Labute approximate surface area is 194 Å². The van der Waals surface area contributed by atoms with Gasteiger partial charge in [0.2, 0.25) is 5.82 Å². The number of benzene rings is 1. The fraction of sp³-hybridized carbons (Fsp3) is 0.381. The molecule has 0 unspecified atom stereocenters. The molecule has 3 aliphatic rings. The number of hydroxylamine groups is 1. The Kier molecular flexibility index (Phi) is 5.84. The molecule has 0 aliphatic carbocycles. The van der Waals surface area contributed by atoms with Crippen LogP contribution >= 0.6 is 0 Å². The van der Waals surface area contributed by atoms with E-state index in [4.69, 9.17) is 14.7 Å². The van der Waals surface area contributed by atoms with E-state index in [1.165, 1.54) is 18.5 Å². The highest BCUT2D eigenvalue weighted by atomic mass is 19.4. The van der Waals surface area contributed by atoms with E-state index in [9.17, 15) is 32.0 Å². The Balaban J connectivity index is 1.95. The van der Waals surface area contributed by atoms with Crippen molar-refractivity contribution in [2.75, 3.05) is 7.11 Å². The summed E-state index contributed by atoms with van der Waals surface area (Å²) in [4.78, 5) is 20.3. The molecule has 9 nitrogen and oxygen atoms in total. The van der Waals surface area contributed by atoms with E-state index in [1.807, 2.05) is 0 Å². The van der Waals surface area contributed by atoms with Crippen molar-refractivity contribution in [3.8, 4) is 17.1 Å². The molecule has 4 rings (SSSR count). The van der Waals surface area contributed by atoms with Gasteiger partial charge in [0, 0.05) is 23.6 Å². The Morgan fingerprint density at radius 1 is 1.26 bits per heavy atom. The first-order chi connectivity index (χ1) is 16.4. The molecule has 0 spiro atoms. The van der Waals surface area contributed by atoms with Gasteiger partial charge in [0.25, 0.3) is 5.91 Å². The SMILES string of the molecule is COc1c([C@H]2[C@H](c3nc4ccn(O)c(C(=O)NO)c-4n3)O[C@@](C)(C(F)(F)F)[C@H]2C)ccc(F)c1F. The predicted molar refractivity (Wildman–Crippen MR) is 106 cm³/mol. The Morgan fingerprint density at radius 2 is 1.94 bits per heavy atom. The molecule has 1 fully saturated rings. The van der Waals surface area contributed by atoms with Crippen LogP contribution in [0, 0.1) is 17.6 Å². The second kappa shape index (κ2) is 8.30. The lowest BCUT2D eigenvalue weighted by Gasteiger charge is -2.32. The number of aromatic nitrogens is 3. The number of alkyl halides is 3. The highest BCUT2D eigenvalue weighted by molar-refractivity contribution is 5.97. The minimum Gasteiger partial charge on any atom is -0.493 e. The normalized spacial score (nSPS) is 24.7. The van der Waals surface area contributed by atoms with Crippen LogP contribution in [0.15, 0.2) is 24.4 Å². The number of ether oxygens (including phenoxy) is 2. The number of carbonyl (C=O) groups excluding carboxylic acids is 1. The first-order valence-electron chi connectivity index (χ1n) is 10.1. The van der Waals surface area contributed by atoms with Gasteiger partial charge < -0.3 is 14.7 Å². The van der Waals surface area contributed by atoms with Gasteiger partial charge in [0.15, 0.2) is 28.7 Å². The number of imidazole rings is 1. The smallest absolute Gasteiger partial charge is 0.417 e. The molecule has 1 aromatic rings. The highest BCUT2D eigenvalue weighted by Gasteiger charge is 2.65. The van der Waals surface area contributed by atoms with Crippen LogP contribution in [0.4, 0.5) is 22.0 Å². The summed E-state index contributed by atoms with van der Waals surface area (Å²) in [7, 11) is 1.05. The number of halogens is 5. The zero-order valence-electron chi connectivity index (χ0n) is 18.4. The number of hydrogen-bond acceptors (Lipinski definition) is 7. The summed E-state index contributed by atoms with van der Waals surface area (Å²) >= 11 is 0. The maximum absolute atomic E-state index is 14.5. The summed E-state index contributed by atoms with van der Waals surface area (Å²) < 4.78 is 81.5. The maximum atomic E-state index is 14.5. The monoisotopic (exact) mass is 502 g/mol. The molecule has 3 N–H and O–H groups in total. The van der Waals surface area contributed by atoms with Crippen LogP contribution in [0.1, 0.15) is 47.7 Å². The topological polar surface area (TPSA) is 119 Å². The van der Waals surface area contributed by atoms with Crippen LogP contribution in [0.25, 0.3) is 11.4 Å². The van der Waals surface area contributed by atoms with E-state index < -0.39 is 58.7 Å². The lowest BCUT2D eigenvalue weighted by atomic mass is 9.77. The minimum absolute atomic E-state index is 0.00299. The molecule has 0 saturated carbocycles.